The summed E-state index contributed by atoms with van der Waals surface area (Å²) in [4.78, 5) is 11.6. The van der Waals surface area contributed by atoms with Gasteiger partial charge in [-0.25, -0.2) is 4.79 Å². The molecule has 120 valence electrons. The zero-order valence-corrected chi connectivity index (χ0v) is 13.1. The Kier molecular flexibility index (Phi) is 5.68. The molecule has 0 heterocycles. The molecule has 2 N–H and O–H groups in total. The first-order valence-electron chi connectivity index (χ1n) is 7.35. The predicted octanol–water partition coefficient (Wildman–Crippen LogP) is 5.15. The number of azo groups is 1. The Morgan fingerprint density at radius 3 is 2.13 bits per heavy atom. The van der Waals surface area contributed by atoms with Gasteiger partial charge in [-0.2, -0.15) is 10.2 Å². The first-order valence-corrected chi connectivity index (χ1v) is 7.35. The van der Waals surface area contributed by atoms with E-state index in [1.807, 2.05) is 13.8 Å². The number of rotatable bonds is 5. The summed E-state index contributed by atoms with van der Waals surface area (Å²) in [5.74, 6) is 0.184. The number of aromatic hydroxyl groups is 1. The highest BCUT2D eigenvalue weighted by molar-refractivity contribution is 5.84. The number of amides is 1. The first-order chi connectivity index (χ1) is 11.1. The number of hydrogen-bond acceptors (Lipinski definition) is 5. The number of carbonyl (C=O) groups excluding carboxylic acids is 1. The summed E-state index contributed by atoms with van der Waals surface area (Å²) in [6, 6.07) is 13.4. The lowest BCUT2D eigenvalue weighted by Gasteiger charge is -2.11. The van der Waals surface area contributed by atoms with Crippen LogP contribution < -0.4 is 5.32 Å². The molecular weight excluding hydrogens is 294 g/mol. The van der Waals surface area contributed by atoms with Crippen LogP contribution in [0.4, 0.5) is 21.9 Å². The molecule has 0 aliphatic carbocycles. The standard InChI is InChI=1S/C17H19N3O3/c1-3-12(2)23-17(22)18-13-4-6-14(7-5-13)19-20-15-8-10-16(21)11-9-15/h4-12,21H,3H2,1-2H3,(H,18,22). The quantitative estimate of drug-likeness (QED) is 0.748. The number of hydrogen-bond donors (Lipinski definition) is 2. The summed E-state index contributed by atoms with van der Waals surface area (Å²) in [5, 5.41) is 20.0. The van der Waals surface area contributed by atoms with E-state index in [0.717, 1.165) is 6.42 Å². The minimum atomic E-state index is -0.474. The van der Waals surface area contributed by atoms with Gasteiger partial charge in [0.1, 0.15) is 11.9 Å². The molecule has 0 bridgehead atoms. The van der Waals surface area contributed by atoms with Gasteiger partial charge >= 0.3 is 6.09 Å². The average Bonchev–Trinajstić information content (AvgIpc) is 2.55. The molecule has 0 saturated heterocycles. The number of nitrogens with one attached hydrogen (secondary N) is 1. The molecule has 2 rings (SSSR count). The number of ether oxygens (including phenoxy) is 1. The van der Waals surface area contributed by atoms with Crippen LogP contribution in [0.1, 0.15) is 20.3 Å². The van der Waals surface area contributed by atoms with Crippen LogP contribution in [-0.4, -0.2) is 17.3 Å². The second-order valence-corrected chi connectivity index (χ2v) is 5.01. The second-order valence-electron chi connectivity index (χ2n) is 5.01. The molecule has 0 aromatic heterocycles. The van der Waals surface area contributed by atoms with Crippen molar-refractivity contribution in [2.45, 2.75) is 26.4 Å². The zero-order chi connectivity index (χ0) is 16.7. The van der Waals surface area contributed by atoms with Crippen molar-refractivity contribution in [3.8, 4) is 5.75 Å². The van der Waals surface area contributed by atoms with E-state index in [0.29, 0.717) is 17.1 Å². The molecule has 0 radical (unpaired) electrons. The van der Waals surface area contributed by atoms with Crippen LogP contribution in [0.15, 0.2) is 58.8 Å². The summed E-state index contributed by atoms with van der Waals surface area (Å²) in [5.41, 5.74) is 1.92. The van der Waals surface area contributed by atoms with E-state index in [9.17, 15) is 9.90 Å². The molecule has 0 aliphatic heterocycles. The molecule has 6 nitrogen and oxygen atoms in total. The normalized spacial score (nSPS) is 12.1. The SMILES string of the molecule is CCC(C)OC(=O)Nc1ccc(N=Nc2ccc(O)cc2)cc1. The zero-order valence-electron chi connectivity index (χ0n) is 13.1. The van der Waals surface area contributed by atoms with Crippen molar-refractivity contribution in [1.82, 2.24) is 0 Å². The Labute approximate surface area is 134 Å². The minimum absolute atomic E-state index is 0.117. The maximum absolute atomic E-state index is 11.6. The van der Waals surface area contributed by atoms with Gasteiger partial charge in [-0.1, -0.05) is 6.92 Å². The summed E-state index contributed by atoms with van der Waals surface area (Å²) < 4.78 is 5.14. The number of anilines is 1. The number of benzene rings is 2. The van der Waals surface area contributed by atoms with E-state index >= 15 is 0 Å². The van der Waals surface area contributed by atoms with Crippen molar-refractivity contribution in [3.05, 3.63) is 48.5 Å². The number of nitrogens with zero attached hydrogens (tertiary/aromatic N) is 2. The fraction of sp³-hybridized carbons (Fsp3) is 0.235. The predicted molar refractivity (Wildman–Crippen MR) is 88.6 cm³/mol. The van der Waals surface area contributed by atoms with Crippen LogP contribution in [0, 0.1) is 0 Å². The maximum Gasteiger partial charge on any atom is 0.411 e. The van der Waals surface area contributed by atoms with Crippen molar-refractivity contribution in [1.29, 1.82) is 0 Å². The molecular formula is C17H19N3O3. The smallest absolute Gasteiger partial charge is 0.411 e. The highest BCUT2D eigenvalue weighted by Gasteiger charge is 2.07. The number of phenolic OH excluding ortho intramolecular Hbond substituents is 1. The van der Waals surface area contributed by atoms with E-state index in [2.05, 4.69) is 15.5 Å². The van der Waals surface area contributed by atoms with Crippen LogP contribution >= 0.6 is 0 Å². The van der Waals surface area contributed by atoms with Crippen LogP contribution in [0.3, 0.4) is 0 Å². The van der Waals surface area contributed by atoms with Crippen molar-refractivity contribution in [2.75, 3.05) is 5.32 Å². The van der Waals surface area contributed by atoms with Crippen LogP contribution in [0.25, 0.3) is 0 Å². The second kappa shape index (κ2) is 7.93. The van der Waals surface area contributed by atoms with Crippen LogP contribution in [0.2, 0.25) is 0 Å². The van der Waals surface area contributed by atoms with Crippen LogP contribution in [-0.2, 0) is 4.74 Å². The fourth-order valence-electron chi connectivity index (χ4n) is 1.66. The topological polar surface area (TPSA) is 83.3 Å². The van der Waals surface area contributed by atoms with Crippen LogP contribution in [0.5, 0.6) is 5.75 Å². The lowest BCUT2D eigenvalue weighted by atomic mass is 10.3. The van der Waals surface area contributed by atoms with E-state index in [1.165, 1.54) is 0 Å². The summed E-state index contributed by atoms with van der Waals surface area (Å²) in [6.07, 6.45) is 0.176. The van der Waals surface area contributed by atoms with Gasteiger partial charge in [-0.3, -0.25) is 5.32 Å². The van der Waals surface area contributed by atoms with Gasteiger partial charge in [0, 0.05) is 5.69 Å². The Morgan fingerprint density at radius 2 is 1.61 bits per heavy atom. The van der Waals surface area contributed by atoms with Crippen molar-refractivity contribution in [2.24, 2.45) is 10.2 Å². The van der Waals surface area contributed by atoms with E-state index in [-0.39, 0.29) is 11.9 Å². The van der Waals surface area contributed by atoms with Gasteiger partial charge in [0.15, 0.2) is 0 Å². The lowest BCUT2D eigenvalue weighted by molar-refractivity contribution is 0.118. The minimum Gasteiger partial charge on any atom is -0.508 e. The fourth-order valence-corrected chi connectivity index (χ4v) is 1.66. The van der Waals surface area contributed by atoms with Gasteiger partial charge < -0.3 is 9.84 Å². The summed E-state index contributed by atoms with van der Waals surface area (Å²) in [7, 11) is 0. The third kappa shape index (κ3) is 5.43. The van der Waals surface area contributed by atoms with Gasteiger partial charge in [0.25, 0.3) is 0 Å². The van der Waals surface area contributed by atoms with Crippen molar-refractivity contribution < 1.29 is 14.6 Å². The van der Waals surface area contributed by atoms with Crippen molar-refractivity contribution >= 4 is 23.2 Å². The van der Waals surface area contributed by atoms with Crippen molar-refractivity contribution in [3.63, 3.8) is 0 Å². The van der Waals surface area contributed by atoms with E-state index in [1.54, 1.807) is 48.5 Å². The highest BCUT2D eigenvalue weighted by Crippen LogP contribution is 2.22. The number of carbonyl (C=O) groups is 1. The van der Waals surface area contributed by atoms with Gasteiger partial charge in [0.2, 0.25) is 0 Å². The molecule has 1 amide bonds. The first kappa shape index (κ1) is 16.5. The monoisotopic (exact) mass is 313 g/mol. The largest absolute Gasteiger partial charge is 0.508 e. The Hall–Kier alpha value is -2.89. The van der Waals surface area contributed by atoms with E-state index in [4.69, 9.17) is 4.74 Å². The molecule has 0 fully saturated rings. The van der Waals surface area contributed by atoms with Gasteiger partial charge in [-0.15, -0.1) is 0 Å². The van der Waals surface area contributed by atoms with E-state index < -0.39 is 6.09 Å². The third-order valence-corrected chi connectivity index (χ3v) is 3.13. The Balaban J connectivity index is 1.94. The molecule has 6 heteroatoms. The molecule has 0 saturated carbocycles. The Bertz CT molecular complexity index is 666. The molecule has 0 aliphatic rings. The molecule has 1 atom stereocenters. The van der Waals surface area contributed by atoms with Gasteiger partial charge in [-0.05, 0) is 61.9 Å². The van der Waals surface area contributed by atoms with Gasteiger partial charge in [0.05, 0.1) is 11.4 Å². The number of phenols is 1. The summed E-state index contributed by atoms with van der Waals surface area (Å²) in [6.45, 7) is 3.79. The average molecular weight is 313 g/mol. The lowest BCUT2D eigenvalue weighted by Crippen LogP contribution is -2.19. The molecule has 2 aromatic rings. The summed E-state index contributed by atoms with van der Waals surface area (Å²) >= 11 is 0. The molecule has 0 spiro atoms. The Morgan fingerprint density at radius 1 is 1.09 bits per heavy atom. The maximum atomic E-state index is 11.6. The molecule has 2 aromatic carbocycles. The molecule has 23 heavy (non-hydrogen) atoms. The highest BCUT2D eigenvalue weighted by atomic mass is 16.6. The third-order valence-electron chi connectivity index (χ3n) is 3.13. The molecule has 1 unspecified atom stereocenters.